The average Bonchev–Trinajstić information content (AvgIpc) is 3.02. The van der Waals surface area contributed by atoms with Crippen LogP contribution in [-0.4, -0.2) is 28.7 Å². The third kappa shape index (κ3) is 1.59. The lowest BCUT2D eigenvalue weighted by Crippen LogP contribution is -2.04. The van der Waals surface area contributed by atoms with Gasteiger partial charge < -0.3 is 9.47 Å². The van der Waals surface area contributed by atoms with Gasteiger partial charge in [0.1, 0.15) is 24.0 Å². The molecule has 0 bridgehead atoms. The van der Waals surface area contributed by atoms with Crippen molar-refractivity contribution in [1.82, 2.24) is 9.38 Å². The Morgan fingerprint density at radius 3 is 3.28 bits per heavy atom. The van der Waals surface area contributed by atoms with Crippen LogP contribution in [0.1, 0.15) is 5.69 Å². The molecule has 1 aromatic carbocycles. The van der Waals surface area contributed by atoms with Gasteiger partial charge in [-0.25, -0.2) is 4.98 Å². The monoisotopic (exact) mass is 260 g/mol. The quantitative estimate of drug-likeness (QED) is 0.680. The predicted octanol–water partition coefficient (Wildman–Crippen LogP) is 2.64. The Balaban J connectivity index is 1.87. The van der Waals surface area contributed by atoms with Gasteiger partial charge in [-0.2, -0.15) is 0 Å². The van der Waals surface area contributed by atoms with Crippen molar-refractivity contribution in [2.24, 2.45) is 0 Å². The molecule has 92 valence electrons. The summed E-state index contributed by atoms with van der Waals surface area (Å²) in [6.07, 6.45) is 2.33. The minimum absolute atomic E-state index is 0.277. The Morgan fingerprint density at radius 1 is 1.56 bits per heavy atom. The molecule has 4 rings (SSSR count). The molecule has 0 N–H and O–H groups in total. The molecule has 0 saturated carbocycles. The lowest BCUT2D eigenvalue weighted by atomic mass is 10.3. The highest BCUT2D eigenvalue weighted by atomic mass is 32.1. The number of imidazole rings is 1. The van der Waals surface area contributed by atoms with Gasteiger partial charge >= 0.3 is 0 Å². The number of hydrogen-bond acceptors (Lipinski definition) is 4. The zero-order valence-corrected chi connectivity index (χ0v) is 10.7. The fourth-order valence-corrected chi connectivity index (χ4v) is 3.16. The van der Waals surface area contributed by atoms with E-state index in [1.165, 1.54) is 4.70 Å². The molecule has 1 atom stereocenters. The molecular formula is C13H12N2O2S. The van der Waals surface area contributed by atoms with Gasteiger partial charge in [0.05, 0.1) is 17.0 Å². The first-order valence-electron chi connectivity index (χ1n) is 5.93. The molecule has 1 aliphatic rings. The summed E-state index contributed by atoms with van der Waals surface area (Å²) < 4.78 is 14.3. The standard InChI is InChI=1S/C13H12N2O2S/c1-8-5-15-12-10(17-7-9-6-16-9)3-2-4-11(12)18-13(15)14-8/h2-5,9H,6-7H2,1H3. The average molecular weight is 260 g/mol. The number of para-hydroxylation sites is 1. The molecule has 0 radical (unpaired) electrons. The molecule has 1 unspecified atom stereocenters. The zero-order valence-electron chi connectivity index (χ0n) is 9.92. The van der Waals surface area contributed by atoms with Crippen molar-refractivity contribution in [2.75, 3.05) is 13.2 Å². The highest BCUT2D eigenvalue weighted by Crippen LogP contribution is 2.33. The molecule has 4 nitrogen and oxygen atoms in total. The van der Waals surface area contributed by atoms with E-state index in [-0.39, 0.29) is 6.10 Å². The maximum atomic E-state index is 5.85. The lowest BCUT2D eigenvalue weighted by Gasteiger charge is -2.05. The largest absolute Gasteiger partial charge is 0.489 e. The molecule has 5 heteroatoms. The van der Waals surface area contributed by atoms with E-state index in [1.54, 1.807) is 11.3 Å². The maximum absolute atomic E-state index is 5.85. The SMILES string of the molecule is Cc1cn2c(n1)sc1cccc(OCC3CO3)c12. The van der Waals surface area contributed by atoms with Crippen LogP contribution in [-0.2, 0) is 4.74 Å². The second-order valence-electron chi connectivity index (χ2n) is 4.51. The van der Waals surface area contributed by atoms with Crippen LogP contribution >= 0.6 is 11.3 Å². The van der Waals surface area contributed by atoms with Crippen molar-refractivity contribution < 1.29 is 9.47 Å². The third-order valence-electron chi connectivity index (χ3n) is 3.03. The van der Waals surface area contributed by atoms with E-state index in [4.69, 9.17) is 9.47 Å². The topological polar surface area (TPSA) is 39.1 Å². The number of rotatable bonds is 3. The van der Waals surface area contributed by atoms with Crippen molar-refractivity contribution in [3.63, 3.8) is 0 Å². The summed E-state index contributed by atoms with van der Waals surface area (Å²) in [5, 5.41) is 0. The molecule has 0 aliphatic carbocycles. The molecule has 3 heterocycles. The number of ether oxygens (including phenoxy) is 2. The number of thiazole rings is 1. The number of nitrogens with zero attached hydrogens (tertiary/aromatic N) is 2. The van der Waals surface area contributed by atoms with Crippen molar-refractivity contribution in [3.05, 3.63) is 30.1 Å². The van der Waals surface area contributed by atoms with Gasteiger partial charge in [0, 0.05) is 6.20 Å². The minimum atomic E-state index is 0.277. The smallest absolute Gasteiger partial charge is 0.195 e. The minimum Gasteiger partial charge on any atom is -0.489 e. The van der Waals surface area contributed by atoms with Crippen LogP contribution in [0.5, 0.6) is 5.75 Å². The van der Waals surface area contributed by atoms with Crippen LogP contribution in [0.25, 0.3) is 15.2 Å². The summed E-state index contributed by atoms with van der Waals surface area (Å²) in [5.74, 6) is 0.909. The summed E-state index contributed by atoms with van der Waals surface area (Å²) in [5.41, 5.74) is 2.14. The molecule has 18 heavy (non-hydrogen) atoms. The Kier molecular flexibility index (Phi) is 2.13. The second-order valence-corrected chi connectivity index (χ2v) is 5.52. The zero-order chi connectivity index (χ0) is 12.1. The van der Waals surface area contributed by atoms with E-state index in [9.17, 15) is 0 Å². The number of hydrogen-bond donors (Lipinski definition) is 0. The fourth-order valence-electron chi connectivity index (χ4n) is 2.09. The van der Waals surface area contributed by atoms with E-state index in [2.05, 4.69) is 21.6 Å². The van der Waals surface area contributed by atoms with Gasteiger partial charge in [0.2, 0.25) is 0 Å². The van der Waals surface area contributed by atoms with Gasteiger partial charge in [0.25, 0.3) is 0 Å². The van der Waals surface area contributed by atoms with Crippen LogP contribution < -0.4 is 4.74 Å². The summed E-state index contributed by atoms with van der Waals surface area (Å²) in [4.78, 5) is 5.52. The van der Waals surface area contributed by atoms with Crippen molar-refractivity contribution in [2.45, 2.75) is 13.0 Å². The molecule has 1 fully saturated rings. The Hall–Kier alpha value is -1.59. The van der Waals surface area contributed by atoms with Crippen LogP contribution in [0, 0.1) is 6.92 Å². The highest BCUT2D eigenvalue weighted by molar-refractivity contribution is 7.23. The number of aryl methyl sites for hydroxylation is 1. The van der Waals surface area contributed by atoms with Gasteiger partial charge in [-0.1, -0.05) is 17.4 Å². The lowest BCUT2D eigenvalue weighted by molar-refractivity contribution is 0.265. The van der Waals surface area contributed by atoms with Crippen molar-refractivity contribution >= 4 is 26.5 Å². The summed E-state index contributed by atoms with van der Waals surface area (Å²) >= 11 is 1.69. The van der Waals surface area contributed by atoms with Gasteiger partial charge in [-0.15, -0.1) is 0 Å². The molecule has 0 spiro atoms. The van der Waals surface area contributed by atoms with E-state index in [0.29, 0.717) is 6.61 Å². The van der Waals surface area contributed by atoms with Crippen molar-refractivity contribution in [3.8, 4) is 5.75 Å². The van der Waals surface area contributed by atoms with E-state index >= 15 is 0 Å². The summed E-state index contributed by atoms with van der Waals surface area (Å²) in [6, 6.07) is 6.13. The number of aromatic nitrogens is 2. The van der Waals surface area contributed by atoms with Crippen molar-refractivity contribution in [1.29, 1.82) is 0 Å². The van der Waals surface area contributed by atoms with Gasteiger partial charge in [-0.3, -0.25) is 4.40 Å². The molecule has 1 aliphatic heterocycles. The highest BCUT2D eigenvalue weighted by Gasteiger charge is 2.23. The Labute approximate surface area is 108 Å². The number of epoxide rings is 1. The number of fused-ring (bicyclic) bond motifs is 3. The maximum Gasteiger partial charge on any atom is 0.195 e. The van der Waals surface area contributed by atoms with Crippen LogP contribution in [0.2, 0.25) is 0 Å². The predicted molar refractivity (Wildman–Crippen MR) is 70.5 cm³/mol. The Morgan fingerprint density at radius 2 is 2.44 bits per heavy atom. The molecule has 3 aromatic rings. The second kappa shape index (κ2) is 3.70. The van der Waals surface area contributed by atoms with Gasteiger partial charge in [0.15, 0.2) is 4.96 Å². The van der Waals surface area contributed by atoms with Crippen LogP contribution in [0.3, 0.4) is 0 Å². The normalized spacial score (nSPS) is 18.6. The fraction of sp³-hybridized carbons (Fsp3) is 0.308. The van der Waals surface area contributed by atoms with Crippen LogP contribution in [0.4, 0.5) is 0 Å². The van der Waals surface area contributed by atoms with Gasteiger partial charge in [-0.05, 0) is 19.1 Å². The van der Waals surface area contributed by atoms with E-state index < -0.39 is 0 Å². The van der Waals surface area contributed by atoms with E-state index in [1.807, 2.05) is 19.1 Å². The third-order valence-corrected chi connectivity index (χ3v) is 4.05. The number of benzene rings is 1. The molecule has 0 amide bonds. The summed E-state index contributed by atoms with van der Waals surface area (Å²) in [6.45, 7) is 3.45. The van der Waals surface area contributed by atoms with E-state index in [0.717, 1.165) is 28.5 Å². The molecule has 1 saturated heterocycles. The molecule has 2 aromatic heterocycles. The van der Waals surface area contributed by atoms with Crippen LogP contribution in [0.15, 0.2) is 24.4 Å². The summed E-state index contributed by atoms with van der Waals surface area (Å²) in [7, 11) is 0. The first-order chi connectivity index (χ1) is 8.81. The Bertz CT molecular complexity index is 727. The molecular weight excluding hydrogens is 248 g/mol. The first-order valence-corrected chi connectivity index (χ1v) is 6.74. The first kappa shape index (κ1) is 10.3.